The van der Waals surface area contributed by atoms with E-state index in [1.54, 1.807) is 50.6 Å². The second kappa shape index (κ2) is 10.8. The summed E-state index contributed by atoms with van der Waals surface area (Å²) in [6, 6.07) is 13.8. The number of carbonyl (C=O) groups excluding carboxylic acids is 2. The molecule has 0 radical (unpaired) electrons. The fourth-order valence-corrected chi connectivity index (χ4v) is 4.52. The van der Waals surface area contributed by atoms with Crippen LogP contribution in [0.4, 0.5) is 11.4 Å². The highest BCUT2D eigenvalue weighted by atomic mass is 32.2. The highest BCUT2D eigenvalue weighted by Gasteiger charge is 2.27. The van der Waals surface area contributed by atoms with Gasteiger partial charge in [-0.05, 0) is 49.2 Å². The van der Waals surface area contributed by atoms with E-state index in [0.29, 0.717) is 48.6 Å². The van der Waals surface area contributed by atoms with Gasteiger partial charge < -0.3 is 15.4 Å². The maximum Gasteiger partial charge on any atom is 0.255 e. The molecule has 0 bridgehead atoms. The topological polar surface area (TPSA) is 108 Å². The fraction of sp³-hybridized carbons (Fsp3) is 0.391. The normalized spacial score (nSPS) is 15.3. The van der Waals surface area contributed by atoms with Crippen LogP contribution in [-0.4, -0.2) is 75.5 Å². The number of rotatable bonds is 8. The van der Waals surface area contributed by atoms with Gasteiger partial charge in [-0.3, -0.25) is 14.5 Å². The van der Waals surface area contributed by atoms with E-state index in [9.17, 15) is 18.0 Å². The summed E-state index contributed by atoms with van der Waals surface area (Å²) in [5, 5.41) is 5.66. The summed E-state index contributed by atoms with van der Waals surface area (Å²) in [6.45, 7) is 1.53. The molecule has 3 rings (SSSR count). The number of piperidine rings is 1. The first-order chi connectivity index (χ1) is 15.7. The summed E-state index contributed by atoms with van der Waals surface area (Å²) in [5.74, 6) is 0.136. The minimum atomic E-state index is -3.21. The van der Waals surface area contributed by atoms with Gasteiger partial charge >= 0.3 is 0 Å². The van der Waals surface area contributed by atoms with Gasteiger partial charge in [0.15, 0.2) is 0 Å². The number of hydrogen-bond donors (Lipinski definition) is 2. The molecule has 1 heterocycles. The molecule has 0 unspecified atom stereocenters. The number of sulfonamides is 1. The molecule has 9 nitrogen and oxygen atoms in total. The maximum absolute atomic E-state index is 12.5. The Kier molecular flexibility index (Phi) is 8.06. The van der Waals surface area contributed by atoms with Crippen LogP contribution < -0.4 is 15.4 Å². The van der Waals surface area contributed by atoms with Gasteiger partial charge in [-0.2, -0.15) is 0 Å². The Hall–Kier alpha value is -2.95. The Labute approximate surface area is 194 Å². The van der Waals surface area contributed by atoms with E-state index in [-0.39, 0.29) is 24.4 Å². The molecule has 2 N–H and O–H groups in total. The molecule has 1 fully saturated rings. The number of methoxy groups -OCH3 is 1. The summed E-state index contributed by atoms with van der Waals surface area (Å²) in [4.78, 5) is 27.0. The Balaban J connectivity index is 1.49. The molecule has 33 heavy (non-hydrogen) atoms. The minimum Gasteiger partial charge on any atom is -0.495 e. The molecule has 1 aliphatic heterocycles. The monoisotopic (exact) mass is 474 g/mol. The highest BCUT2D eigenvalue weighted by molar-refractivity contribution is 7.88. The number of nitrogens with zero attached hydrogens (tertiary/aromatic N) is 2. The number of amides is 2. The standard InChI is InChI=1S/C23H30N4O5S/c1-26(33(3,30)31)19-12-14-27(15-13-19)16-22(28)24-18-10-8-17(9-11-18)23(29)25-20-6-4-5-7-21(20)32-2/h4-11,19H,12-16H2,1-3H3,(H,24,28)(H,25,29). The molecule has 0 aromatic heterocycles. The van der Waals surface area contributed by atoms with Gasteiger partial charge in [-0.25, -0.2) is 12.7 Å². The Morgan fingerprint density at radius 2 is 1.70 bits per heavy atom. The first-order valence-corrected chi connectivity index (χ1v) is 12.5. The molecule has 178 valence electrons. The van der Waals surface area contributed by atoms with Gasteiger partial charge in [0.05, 0.1) is 25.6 Å². The van der Waals surface area contributed by atoms with E-state index in [1.807, 2.05) is 17.0 Å². The van der Waals surface area contributed by atoms with Gasteiger partial charge in [-0.15, -0.1) is 0 Å². The van der Waals surface area contributed by atoms with Crippen LogP contribution >= 0.6 is 0 Å². The predicted octanol–water partition coefficient (Wildman–Crippen LogP) is 2.24. The predicted molar refractivity (Wildman–Crippen MR) is 128 cm³/mol. The third-order valence-corrected chi connectivity index (χ3v) is 7.09. The third kappa shape index (κ3) is 6.77. The summed E-state index contributed by atoms with van der Waals surface area (Å²) >= 11 is 0. The summed E-state index contributed by atoms with van der Waals surface area (Å²) in [5.41, 5.74) is 1.63. The van der Waals surface area contributed by atoms with Crippen molar-refractivity contribution in [3.05, 3.63) is 54.1 Å². The molecule has 1 aliphatic rings. The molecular weight excluding hydrogens is 444 g/mol. The molecule has 0 aliphatic carbocycles. The van der Waals surface area contributed by atoms with E-state index in [0.717, 1.165) is 0 Å². The van der Waals surface area contributed by atoms with Gasteiger partial charge in [0, 0.05) is 37.4 Å². The van der Waals surface area contributed by atoms with Crippen molar-refractivity contribution in [1.29, 1.82) is 0 Å². The van der Waals surface area contributed by atoms with Crippen molar-refractivity contribution in [3.8, 4) is 5.75 Å². The lowest BCUT2D eigenvalue weighted by Gasteiger charge is -2.35. The van der Waals surface area contributed by atoms with Crippen LogP contribution in [0.1, 0.15) is 23.2 Å². The zero-order chi connectivity index (χ0) is 24.0. The SMILES string of the molecule is COc1ccccc1NC(=O)c1ccc(NC(=O)CN2CCC(N(C)S(C)(=O)=O)CC2)cc1. The van der Waals surface area contributed by atoms with Crippen molar-refractivity contribution in [1.82, 2.24) is 9.21 Å². The van der Waals surface area contributed by atoms with Crippen LogP contribution in [0.2, 0.25) is 0 Å². The molecule has 1 saturated heterocycles. The second-order valence-electron chi connectivity index (χ2n) is 8.07. The van der Waals surface area contributed by atoms with Gasteiger partial charge in [0.2, 0.25) is 15.9 Å². The first kappa shape index (κ1) is 24.7. The van der Waals surface area contributed by atoms with E-state index in [4.69, 9.17) is 4.74 Å². The second-order valence-corrected chi connectivity index (χ2v) is 10.1. The van der Waals surface area contributed by atoms with Gasteiger partial charge in [-0.1, -0.05) is 12.1 Å². The molecule has 2 aromatic rings. The minimum absolute atomic E-state index is 0.0335. The van der Waals surface area contributed by atoms with Crippen LogP contribution in [0.5, 0.6) is 5.75 Å². The molecule has 2 aromatic carbocycles. The third-order valence-electron chi connectivity index (χ3n) is 5.75. The first-order valence-electron chi connectivity index (χ1n) is 10.7. The Morgan fingerprint density at radius 1 is 1.06 bits per heavy atom. The molecule has 0 atom stereocenters. The number of carbonyl (C=O) groups is 2. The van der Waals surface area contributed by atoms with Crippen LogP contribution in [0, 0.1) is 0 Å². The van der Waals surface area contributed by atoms with Gasteiger partial charge in [0.25, 0.3) is 5.91 Å². The van der Waals surface area contributed by atoms with E-state index >= 15 is 0 Å². The zero-order valence-corrected chi connectivity index (χ0v) is 19.9. The average Bonchev–Trinajstić information content (AvgIpc) is 2.79. The number of ether oxygens (including phenoxy) is 1. The molecule has 0 spiro atoms. The number of likely N-dealkylation sites (tertiary alicyclic amines) is 1. The summed E-state index contributed by atoms with van der Waals surface area (Å²) in [6.07, 6.45) is 2.58. The number of anilines is 2. The Morgan fingerprint density at radius 3 is 2.30 bits per heavy atom. The fourth-order valence-electron chi connectivity index (χ4n) is 3.76. The van der Waals surface area contributed by atoms with Crippen molar-refractivity contribution in [2.75, 3.05) is 50.7 Å². The molecular formula is C23H30N4O5S. The number of nitrogens with one attached hydrogen (secondary N) is 2. The van der Waals surface area contributed by atoms with Crippen molar-refractivity contribution in [2.24, 2.45) is 0 Å². The number of hydrogen-bond acceptors (Lipinski definition) is 6. The highest BCUT2D eigenvalue weighted by Crippen LogP contribution is 2.24. The Bertz CT molecular complexity index is 1080. The van der Waals surface area contributed by atoms with E-state index < -0.39 is 10.0 Å². The molecule has 10 heteroatoms. The van der Waals surface area contributed by atoms with Crippen LogP contribution in [0.25, 0.3) is 0 Å². The molecule has 2 amide bonds. The van der Waals surface area contributed by atoms with Crippen LogP contribution in [0.3, 0.4) is 0 Å². The lowest BCUT2D eigenvalue weighted by Crippen LogP contribution is -2.47. The summed E-state index contributed by atoms with van der Waals surface area (Å²) in [7, 11) is -0.0737. The van der Waals surface area contributed by atoms with Gasteiger partial charge in [0.1, 0.15) is 5.75 Å². The van der Waals surface area contributed by atoms with Crippen LogP contribution in [-0.2, 0) is 14.8 Å². The van der Waals surface area contributed by atoms with Crippen molar-refractivity contribution in [2.45, 2.75) is 18.9 Å². The quantitative estimate of drug-likeness (QED) is 0.608. The maximum atomic E-state index is 12.5. The largest absolute Gasteiger partial charge is 0.495 e. The van der Waals surface area contributed by atoms with Crippen molar-refractivity contribution in [3.63, 3.8) is 0 Å². The number of para-hydroxylation sites is 2. The van der Waals surface area contributed by atoms with Crippen molar-refractivity contribution >= 4 is 33.2 Å². The zero-order valence-electron chi connectivity index (χ0n) is 19.1. The van der Waals surface area contributed by atoms with E-state index in [2.05, 4.69) is 10.6 Å². The smallest absolute Gasteiger partial charge is 0.255 e. The summed E-state index contributed by atoms with van der Waals surface area (Å²) < 4.78 is 30.1. The van der Waals surface area contributed by atoms with Crippen LogP contribution in [0.15, 0.2) is 48.5 Å². The van der Waals surface area contributed by atoms with Crippen molar-refractivity contribution < 1.29 is 22.7 Å². The molecule has 0 saturated carbocycles. The van der Waals surface area contributed by atoms with E-state index in [1.165, 1.54) is 10.6 Å². The lowest BCUT2D eigenvalue weighted by molar-refractivity contribution is -0.117. The average molecular weight is 475 g/mol. The number of benzene rings is 2. The lowest BCUT2D eigenvalue weighted by atomic mass is 10.1.